The van der Waals surface area contributed by atoms with Gasteiger partial charge in [-0.1, -0.05) is 97.1 Å². The minimum absolute atomic E-state index is 0.0970. The number of phenolic OH excluding ortho intramolecular Hbond substituents is 1. The SMILES string of the molecule is O=C1/C(=C\c2ccccc2O)N=C(c2ccccc2)N1c1c(-c2ccccc2)[nH]c2ccccc12. The Balaban J connectivity index is 1.60. The number of fused-ring (bicyclic) bond motifs is 1. The molecule has 1 aliphatic heterocycles. The third kappa shape index (κ3) is 3.60. The zero-order valence-corrected chi connectivity index (χ0v) is 18.7. The summed E-state index contributed by atoms with van der Waals surface area (Å²) in [4.78, 5) is 24.0. The molecule has 0 bridgehead atoms. The highest BCUT2D eigenvalue weighted by Crippen LogP contribution is 2.41. The van der Waals surface area contributed by atoms with Gasteiger partial charge >= 0.3 is 0 Å². The second-order valence-corrected chi connectivity index (χ2v) is 8.29. The van der Waals surface area contributed by atoms with Crippen LogP contribution in [0.15, 0.2) is 120 Å². The second kappa shape index (κ2) is 8.47. The van der Waals surface area contributed by atoms with Crippen LogP contribution in [0.1, 0.15) is 11.1 Å². The molecule has 5 nitrogen and oxygen atoms in total. The largest absolute Gasteiger partial charge is 0.507 e. The number of carbonyl (C=O) groups excluding carboxylic acids is 1. The molecule has 4 aromatic carbocycles. The molecule has 0 saturated carbocycles. The van der Waals surface area contributed by atoms with Crippen LogP contribution in [0.2, 0.25) is 0 Å². The standard InChI is InChI=1S/C30H21N3O2/c34-26-18-10-7-15-22(26)19-25-30(35)33(29(32-25)21-13-5-2-6-14-21)28-23-16-8-9-17-24(23)31-27(28)20-11-3-1-4-12-20/h1-19,31,34H/b25-19+. The zero-order valence-electron chi connectivity index (χ0n) is 18.7. The monoisotopic (exact) mass is 455 g/mol. The van der Waals surface area contributed by atoms with E-state index in [-0.39, 0.29) is 17.4 Å². The average molecular weight is 456 g/mol. The number of hydrogen-bond acceptors (Lipinski definition) is 3. The molecular weight excluding hydrogens is 434 g/mol. The Bertz CT molecular complexity index is 1620. The molecule has 0 atom stereocenters. The molecule has 6 rings (SSSR count). The van der Waals surface area contributed by atoms with Crippen LogP contribution in [0.4, 0.5) is 5.69 Å². The first-order chi connectivity index (χ1) is 17.2. The summed E-state index contributed by atoms with van der Waals surface area (Å²) in [5.41, 5.74) is 5.11. The summed E-state index contributed by atoms with van der Waals surface area (Å²) in [6.45, 7) is 0. The van der Waals surface area contributed by atoms with E-state index in [4.69, 9.17) is 4.99 Å². The van der Waals surface area contributed by atoms with Crippen LogP contribution in [0.5, 0.6) is 5.75 Å². The summed E-state index contributed by atoms with van der Waals surface area (Å²) in [6, 6.07) is 34.5. The van der Waals surface area contributed by atoms with Crippen molar-refractivity contribution in [1.82, 2.24) is 4.98 Å². The zero-order chi connectivity index (χ0) is 23.8. The molecule has 0 fully saturated rings. The first-order valence-electron chi connectivity index (χ1n) is 11.3. The van der Waals surface area contributed by atoms with Crippen LogP contribution in [-0.2, 0) is 4.79 Å². The van der Waals surface area contributed by atoms with Crippen molar-refractivity contribution in [3.63, 3.8) is 0 Å². The van der Waals surface area contributed by atoms with Gasteiger partial charge in [0.25, 0.3) is 5.91 Å². The van der Waals surface area contributed by atoms with Gasteiger partial charge < -0.3 is 10.1 Å². The third-order valence-corrected chi connectivity index (χ3v) is 6.09. The van der Waals surface area contributed by atoms with Crippen molar-refractivity contribution in [2.75, 3.05) is 4.90 Å². The number of benzene rings is 4. The number of H-pyrrole nitrogens is 1. The molecule has 5 heteroatoms. The van der Waals surface area contributed by atoms with E-state index in [0.717, 1.165) is 33.4 Å². The van der Waals surface area contributed by atoms with Crippen LogP contribution in [0.25, 0.3) is 28.2 Å². The highest BCUT2D eigenvalue weighted by molar-refractivity contribution is 6.36. The lowest BCUT2D eigenvalue weighted by Gasteiger charge is -2.20. The van der Waals surface area contributed by atoms with E-state index >= 15 is 0 Å². The number of aromatic hydroxyl groups is 1. The maximum absolute atomic E-state index is 14.0. The van der Waals surface area contributed by atoms with Crippen LogP contribution < -0.4 is 4.90 Å². The highest BCUT2D eigenvalue weighted by atomic mass is 16.3. The van der Waals surface area contributed by atoms with Gasteiger partial charge in [-0.05, 0) is 18.2 Å². The first kappa shape index (κ1) is 20.7. The van der Waals surface area contributed by atoms with E-state index < -0.39 is 0 Å². The van der Waals surface area contributed by atoms with Gasteiger partial charge in [0.2, 0.25) is 0 Å². The lowest BCUT2D eigenvalue weighted by atomic mass is 10.1. The lowest BCUT2D eigenvalue weighted by Crippen LogP contribution is -2.33. The highest BCUT2D eigenvalue weighted by Gasteiger charge is 2.36. The van der Waals surface area contributed by atoms with E-state index in [1.807, 2.05) is 91.0 Å². The minimum atomic E-state index is -0.256. The van der Waals surface area contributed by atoms with Gasteiger partial charge in [-0.15, -0.1) is 0 Å². The summed E-state index contributed by atoms with van der Waals surface area (Å²) < 4.78 is 0. The number of aromatic nitrogens is 1. The fourth-order valence-electron chi connectivity index (χ4n) is 4.43. The van der Waals surface area contributed by atoms with E-state index in [1.54, 1.807) is 29.2 Å². The molecule has 2 N–H and O–H groups in total. The molecular formula is C30H21N3O2. The van der Waals surface area contributed by atoms with Gasteiger partial charge in [0.1, 0.15) is 17.3 Å². The van der Waals surface area contributed by atoms with Crippen molar-refractivity contribution in [3.05, 3.63) is 126 Å². The number of phenols is 1. The number of carbonyl (C=O) groups is 1. The van der Waals surface area contributed by atoms with Gasteiger partial charge in [-0.3, -0.25) is 9.69 Å². The number of hydrogen-bond donors (Lipinski definition) is 2. The predicted octanol–water partition coefficient (Wildman–Crippen LogP) is 6.38. The molecule has 0 saturated heterocycles. The molecule has 1 aliphatic rings. The van der Waals surface area contributed by atoms with Gasteiger partial charge in [0.15, 0.2) is 0 Å². The topological polar surface area (TPSA) is 68.7 Å². The van der Waals surface area contributed by atoms with E-state index in [0.29, 0.717) is 11.4 Å². The number of aliphatic imine (C=N–C) groups is 1. The fraction of sp³-hybridized carbons (Fsp3) is 0. The number of nitrogens with zero attached hydrogens (tertiary/aromatic N) is 2. The Labute approximate surface area is 202 Å². The Morgan fingerprint density at radius 3 is 2.11 bits per heavy atom. The average Bonchev–Trinajstić information content (AvgIpc) is 3.44. The van der Waals surface area contributed by atoms with E-state index in [1.165, 1.54) is 0 Å². The smallest absolute Gasteiger partial charge is 0.282 e. The van der Waals surface area contributed by atoms with Crippen LogP contribution >= 0.6 is 0 Å². The van der Waals surface area contributed by atoms with Crippen LogP contribution in [-0.4, -0.2) is 21.8 Å². The molecule has 0 spiro atoms. The number of rotatable bonds is 4. The molecule has 35 heavy (non-hydrogen) atoms. The van der Waals surface area contributed by atoms with Crippen molar-refractivity contribution in [2.24, 2.45) is 4.99 Å². The predicted molar refractivity (Wildman–Crippen MR) is 140 cm³/mol. The van der Waals surface area contributed by atoms with Crippen molar-refractivity contribution in [1.29, 1.82) is 0 Å². The normalized spacial score (nSPS) is 14.6. The van der Waals surface area contributed by atoms with Gasteiger partial charge in [-0.25, -0.2) is 4.99 Å². The molecule has 0 unspecified atom stereocenters. The van der Waals surface area contributed by atoms with Crippen molar-refractivity contribution >= 4 is 34.4 Å². The Morgan fingerprint density at radius 1 is 0.743 bits per heavy atom. The van der Waals surface area contributed by atoms with Crippen molar-refractivity contribution < 1.29 is 9.90 Å². The number of anilines is 1. The summed E-state index contributed by atoms with van der Waals surface area (Å²) in [6.07, 6.45) is 1.64. The number of amides is 1. The number of nitrogens with one attached hydrogen (secondary N) is 1. The Hall–Kier alpha value is -4.90. The van der Waals surface area contributed by atoms with E-state index in [2.05, 4.69) is 4.98 Å². The third-order valence-electron chi connectivity index (χ3n) is 6.09. The summed E-state index contributed by atoms with van der Waals surface area (Å²) >= 11 is 0. The molecule has 2 heterocycles. The summed E-state index contributed by atoms with van der Waals surface area (Å²) in [5, 5.41) is 11.2. The molecule has 168 valence electrons. The second-order valence-electron chi connectivity index (χ2n) is 8.29. The van der Waals surface area contributed by atoms with Crippen LogP contribution in [0.3, 0.4) is 0 Å². The lowest BCUT2D eigenvalue weighted by molar-refractivity contribution is -0.113. The molecule has 5 aromatic rings. The van der Waals surface area contributed by atoms with Gasteiger partial charge in [-0.2, -0.15) is 0 Å². The number of aromatic amines is 1. The first-order valence-corrected chi connectivity index (χ1v) is 11.3. The quantitative estimate of drug-likeness (QED) is 0.309. The Morgan fingerprint density at radius 2 is 1.37 bits per heavy atom. The summed E-state index contributed by atoms with van der Waals surface area (Å²) in [5.74, 6) is 0.382. The van der Waals surface area contributed by atoms with Gasteiger partial charge in [0.05, 0.1) is 11.4 Å². The maximum Gasteiger partial charge on any atom is 0.282 e. The number of amidine groups is 1. The maximum atomic E-state index is 14.0. The van der Waals surface area contributed by atoms with Crippen molar-refractivity contribution in [2.45, 2.75) is 0 Å². The van der Waals surface area contributed by atoms with Crippen LogP contribution in [0, 0.1) is 0 Å². The molecule has 1 amide bonds. The van der Waals surface area contributed by atoms with E-state index in [9.17, 15) is 9.90 Å². The molecule has 0 aliphatic carbocycles. The van der Waals surface area contributed by atoms with Gasteiger partial charge in [0, 0.05) is 27.6 Å². The molecule has 0 radical (unpaired) electrons. The minimum Gasteiger partial charge on any atom is -0.507 e. The molecule has 1 aromatic heterocycles. The Kier molecular flexibility index (Phi) is 5.00. The van der Waals surface area contributed by atoms with Crippen molar-refractivity contribution in [3.8, 4) is 17.0 Å². The number of para-hydroxylation sites is 2. The summed E-state index contributed by atoms with van der Waals surface area (Å²) in [7, 11) is 0. The fourth-order valence-corrected chi connectivity index (χ4v) is 4.43.